The fraction of sp³-hybridized carbons (Fsp3) is 0.130. The Morgan fingerprint density at radius 3 is 2.35 bits per heavy atom. The summed E-state index contributed by atoms with van der Waals surface area (Å²) in [5, 5.41) is 0.515. The minimum Gasteiger partial charge on any atom is -0.304 e. The Morgan fingerprint density at radius 1 is 0.903 bits per heavy atom. The van der Waals surface area contributed by atoms with Crippen molar-refractivity contribution in [3.8, 4) is 0 Å². The van der Waals surface area contributed by atoms with Gasteiger partial charge in [-0.15, -0.1) is 0 Å². The van der Waals surface area contributed by atoms with Crippen LogP contribution >= 0.6 is 11.6 Å². The van der Waals surface area contributed by atoms with Crippen molar-refractivity contribution in [1.29, 1.82) is 0 Å². The molecule has 0 N–H and O–H groups in total. The number of hydrogen-bond donors (Lipinski definition) is 0. The van der Waals surface area contributed by atoms with Gasteiger partial charge in [-0.05, 0) is 35.9 Å². The molecule has 8 heteroatoms. The van der Waals surface area contributed by atoms with Crippen LogP contribution in [0.25, 0.3) is 0 Å². The second-order valence-corrected chi connectivity index (χ2v) is 10.1. The first-order chi connectivity index (χ1) is 14.9. The van der Waals surface area contributed by atoms with Crippen LogP contribution in [-0.2, 0) is 30.8 Å². The molecule has 1 fully saturated rings. The number of sulfone groups is 1. The Kier molecular flexibility index (Phi) is 4.42. The maximum Gasteiger partial charge on any atom is 0.274 e. The Hall–Kier alpha value is -3.16. The molecule has 0 aromatic heterocycles. The standard InChI is InChI=1S/C23H17ClN2O4S/c24-17-8-6-7-16(13-17)14-25-20-12-5-4-11-19(20)23(22(25)28)26(18-9-2-1-3-10-18)21(27)15-31(23,29)30/h1-13H,14-15H2. The van der Waals surface area contributed by atoms with Gasteiger partial charge in [0.2, 0.25) is 5.91 Å². The van der Waals surface area contributed by atoms with Gasteiger partial charge in [0.15, 0.2) is 9.84 Å². The molecule has 5 rings (SSSR count). The first kappa shape index (κ1) is 19.8. The van der Waals surface area contributed by atoms with E-state index in [-0.39, 0.29) is 12.1 Å². The van der Waals surface area contributed by atoms with Gasteiger partial charge in [0, 0.05) is 16.3 Å². The number of carbonyl (C=O) groups is 2. The SMILES string of the molecule is O=C1CS(=O)(=O)C2(C(=O)N(Cc3cccc(Cl)c3)c3ccccc32)N1c1ccccc1. The van der Waals surface area contributed by atoms with Crippen molar-refractivity contribution in [3.63, 3.8) is 0 Å². The number of halogens is 1. The molecule has 3 aromatic carbocycles. The minimum atomic E-state index is -4.17. The predicted molar refractivity (Wildman–Crippen MR) is 118 cm³/mol. The van der Waals surface area contributed by atoms with Crippen LogP contribution in [0.15, 0.2) is 78.9 Å². The topological polar surface area (TPSA) is 74.8 Å². The van der Waals surface area contributed by atoms with E-state index in [9.17, 15) is 18.0 Å². The zero-order valence-corrected chi connectivity index (χ0v) is 17.8. The number of rotatable bonds is 3. The quantitative estimate of drug-likeness (QED) is 0.609. The van der Waals surface area contributed by atoms with Crippen LogP contribution in [0.2, 0.25) is 5.02 Å². The van der Waals surface area contributed by atoms with Crippen molar-refractivity contribution in [2.45, 2.75) is 11.4 Å². The van der Waals surface area contributed by atoms with Crippen LogP contribution in [-0.4, -0.2) is 26.0 Å². The summed E-state index contributed by atoms with van der Waals surface area (Å²) in [5.74, 6) is -2.02. The molecule has 1 saturated heterocycles. The van der Waals surface area contributed by atoms with E-state index in [0.29, 0.717) is 16.4 Å². The fourth-order valence-electron chi connectivity index (χ4n) is 4.44. The lowest BCUT2D eigenvalue weighted by Gasteiger charge is -2.32. The van der Waals surface area contributed by atoms with Gasteiger partial charge in [-0.25, -0.2) is 8.42 Å². The molecule has 2 heterocycles. The smallest absolute Gasteiger partial charge is 0.274 e. The predicted octanol–water partition coefficient (Wildman–Crippen LogP) is 3.50. The highest BCUT2D eigenvalue weighted by atomic mass is 35.5. The van der Waals surface area contributed by atoms with Gasteiger partial charge < -0.3 is 4.90 Å². The van der Waals surface area contributed by atoms with E-state index in [1.54, 1.807) is 72.8 Å². The molecule has 6 nitrogen and oxygen atoms in total. The Labute approximate surface area is 184 Å². The molecule has 3 aromatic rings. The molecule has 0 saturated carbocycles. The summed E-state index contributed by atoms with van der Waals surface area (Å²) in [7, 11) is -4.17. The number of amides is 2. The third kappa shape index (κ3) is 2.73. The molecule has 2 amide bonds. The van der Waals surface area contributed by atoms with Crippen LogP contribution < -0.4 is 9.80 Å². The second kappa shape index (κ2) is 6.93. The number of hydrogen-bond acceptors (Lipinski definition) is 4. The van der Waals surface area contributed by atoms with E-state index in [1.165, 1.54) is 4.90 Å². The normalized spacial score (nSPS) is 21.7. The Bertz CT molecular complexity index is 1330. The third-order valence-electron chi connectivity index (χ3n) is 5.67. The number of benzene rings is 3. The highest BCUT2D eigenvalue weighted by Crippen LogP contribution is 2.52. The first-order valence-electron chi connectivity index (χ1n) is 9.62. The Morgan fingerprint density at radius 2 is 1.61 bits per heavy atom. The molecule has 0 bridgehead atoms. The second-order valence-electron chi connectivity index (χ2n) is 7.51. The third-order valence-corrected chi connectivity index (χ3v) is 8.01. The summed E-state index contributed by atoms with van der Waals surface area (Å²) in [4.78, 5) is 27.4. The fourth-order valence-corrected chi connectivity index (χ4v) is 6.69. The van der Waals surface area contributed by atoms with Crippen LogP contribution in [0, 0.1) is 0 Å². The lowest BCUT2D eigenvalue weighted by atomic mass is 10.0. The van der Waals surface area contributed by atoms with Crippen molar-refractivity contribution in [2.75, 3.05) is 15.6 Å². The average Bonchev–Trinajstić information content (AvgIpc) is 3.12. The van der Waals surface area contributed by atoms with Crippen LogP contribution in [0.5, 0.6) is 0 Å². The molecule has 31 heavy (non-hydrogen) atoms. The van der Waals surface area contributed by atoms with Crippen molar-refractivity contribution >= 4 is 44.6 Å². The average molecular weight is 453 g/mol. The zero-order valence-electron chi connectivity index (χ0n) is 16.2. The van der Waals surface area contributed by atoms with Gasteiger partial charge in [0.1, 0.15) is 5.75 Å². The molecular weight excluding hydrogens is 436 g/mol. The van der Waals surface area contributed by atoms with Gasteiger partial charge in [0.05, 0.1) is 12.2 Å². The van der Waals surface area contributed by atoms with E-state index >= 15 is 0 Å². The molecule has 1 spiro atoms. The lowest BCUT2D eigenvalue weighted by molar-refractivity contribution is -0.123. The van der Waals surface area contributed by atoms with Gasteiger partial charge >= 0.3 is 0 Å². The highest BCUT2D eigenvalue weighted by Gasteiger charge is 2.69. The maximum atomic E-state index is 13.9. The van der Waals surface area contributed by atoms with Crippen LogP contribution in [0.3, 0.4) is 0 Å². The molecule has 2 aliphatic heterocycles. The van der Waals surface area contributed by atoms with Gasteiger partial charge in [-0.3, -0.25) is 14.5 Å². The van der Waals surface area contributed by atoms with Crippen LogP contribution in [0.1, 0.15) is 11.1 Å². The molecular formula is C23H17ClN2O4S. The summed E-state index contributed by atoms with van der Waals surface area (Å²) in [6, 6.07) is 22.2. The molecule has 1 atom stereocenters. The monoisotopic (exact) mass is 452 g/mol. The van der Waals surface area contributed by atoms with Gasteiger partial charge in [0.25, 0.3) is 10.8 Å². The largest absolute Gasteiger partial charge is 0.304 e. The van der Waals surface area contributed by atoms with Crippen molar-refractivity contribution in [1.82, 2.24) is 0 Å². The molecule has 0 aliphatic carbocycles. The van der Waals surface area contributed by atoms with Crippen molar-refractivity contribution in [2.24, 2.45) is 0 Å². The highest BCUT2D eigenvalue weighted by molar-refractivity contribution is 7.94. The summed E-state index contributed by atoms with van der Waals surface area (Å²) in [6.45, 7) is 0.129. The molecule has 156 valence electrons. The van der Waals surface area contributed by atoms with Crippen LogP contribution in [0.4, 0.5) is 11.4 Å². The summed E-state index contributed by atoms with van der Waals surface area (Å²) < 4.78 is 26.9. The first-order valence-corrected chi connectivity index (χ1v) is 11.7. The summed E-state index contributed by atoms with van der Waals surface area (Å²) in [6.07, 6.45) is 0. The maximum absolute atomic E-state index is 13.9. The van der Waals surface area contributed by atoms with E-state index in [4.69, 9.17) is 11.6 Å². The number of nitrogens with zero attached hydrogens (tertiary/aromatic N) is 2. The summed E-state index contributed by atoms with van der Waals surface area (Å²) in [5.41, 5.74) is 1.87. The van der Waals surface area contributed by atoms with Gasteiger partial charge in [-0.2, -0.15) is 0 Å². The zero-order chi connectivity index (χ0) is 21.8. The lowest BCUT2D eigenvalue weighted by Crippen LogP contribution is -2.54. The molecule has 1 unspecified atom stereocenters. The van der Waals surface area contributed by atoms with E-state index in [1.807, 2.05) is 6.07 Å². The van der Waals surface area contributed by atoms with Crippen molar-refractivity contribution in [3.05, 3.63) is 95.0 Å². The number of carbonyl (C=O) groups excluding carboxylic acids is 2. The Balaban J connectivity index is 1.74. The number of anilines is 2. The number of para-hydroxylation sites is 2. The van der Waals surface area contributed by atoms with E-state index in [2.05, 4.69) is 0 Å². The molecule has 0 radical (unpaired) electrons. The van der Waals surface area contributed by atoms with Crippen molar-refractivity contribution < 1.29 is 18.0 Å². The van der Waals surface area contributed by atoms with Gasteiger partial charge in [-0.1, -0.05) is 60.1 Å². The summed E-state index contributed by atoms with van der Waals surface area (Å²) >= 11 is 6.10. The molecule has 2 aliphatic rings. The van der Waals surface area contributed by atoms with E-state index < -0.39 is 32.3 Å². The van der Waals surface area contributed by atoms with E-state index in [0.717, 1.165) is 10.5 Å². The minimum absolute atomic E-state index is 0.129. The number of fused-ring (bicyclic) bond motifs is 2.